The summed E-state index contributed by atoms with van der Waals surface area (Å²) in [5, 5.41) is 2.50. The van der Waals surface area contributed by atoms with Gasteiger partial charge in [-0.2, -0.15) is 13.2 Å². The van der Waals surface area contributed by atoms with Gasteiger partial charge in [-0.1, -0.05) is 11.6 Å². The molecule has 0 unspecified atom stereocenters. The highest BCUT2D eigenvalue weighted by atomic mass is 35.5. The van der Waals surface area contributed by atoms with Gasteiger partial charge in [-0.15, -0.1) is 0 Å². The number of carbonyl (C=O) groups is 1. The minimum Gasteiger partial charge on any atom is -0.481 e. The van der Waals surface area contributed by atoms with Crippen molar-refractivity contribution >= 4 is 33.2 Å². The number of ether oxygens (including phenoxy) is 1. The zero-order valence-corrected chi connectivity index (χ0v) is 17.8. The fraction of sp³-hybridized carbons (Fsp3) is 0.316. The first-order valence-electron chi connectivity index (χ1n) is 8.76. The highest BCUT2D eigenvalue weighted by molar-refractivity contribution is 7.92. The Morgan fingerprint density at radius 3 is 2.20 bits per heavy atom. The third-order valence-corrected chi connectivity index (χ3v) is 5.39. The number of rotatable bonds is 7. The first kappa shape index (κ1) is 23.8. The maximum absolute atomic E-state index is 13.2. The standard InChI is InChI=1S/C19H20ClF3N2O4S/c1-11(2)24-18(26)12(3)29-14-5-7-15(8-6-14)30(27,28)25-17-9-4-13(20)10-16(17)19(21,22)23/h4-12,25H,1-3H3,(H,24,26)/t12-/m1/s1. The Morgan fingerprint density at radius 2 is 1.67 bits per heavy atom. The van der Waals surface area contributed by atoms with Crippen molar-refractivity contribution < 1.29 is 31.1 Å². The lowest BCUT2D eigenvalue weighted by molar-refractivity contribution is -0.137. The van der Waals surface area contributed by atoms with Crippen molar-refractivity contribution in [2.75, 3.05) is 4.72 Å². The monoisotopic (exact) mass is 464 g/mol. The fourth-order valence-corrected chi connectivity index (χ4v) is 3.65. The van der Waals surface area contributed by atoms with E-state index >= 15 is 0 Å². The van der Waals surface area contributed by atoms with Crippen LogP contribution < -0.4 is 14.8 Å². The average Bonchev–Trinajstić information content (AvgIpc) is 2.62. The van der Waals surface area contributed by atoms with Gasteiger partial charge < -0.3 is 10.1 Å². The molecule has 30 heavy (non-hydrogen) atoms. The van der Waals surface area contributed by atoms with Gasteiger partial charge in [0.2, 0.25) is 0 Å². The number of anilines is 1. The molecule has 2 rings (SSSR count). The third kappa shape index (κ3) is 6.27. The fourth-order valence-electron chi connectivity index (χ4n) is 2.40. The first-order valence-corrected chi connectivity index (χ1v) is 10.6. The molecule has 1 atom stereocenters. The molecule has 0 fully saturated rings. The van der Waals surface area contributed by atoms with Crippen molar-refractivity contribution in [1.82, 2.24) is 5.32 Å². The van der Waals surface area contributed by atoms with Crippen molar-refractivity contribution in [3.8, 4) is 5.75 Å². The molecule has 6 nitrogen and oxygen atoms in total. The minimum atomic E-state index is -4.80. The average molecular weight is 465 g/mol. The zero-order chi connectivity index (χ0) is 22.7. The van der Waals surface area contributed by atoms with Gasteiger partial charge in [-0.25, -0.2) is 8.42 Å². The van der Waals surface area contributed by atoms with E-state index in [1.165, 1.54) is 19.1 Å². The third-order valence-electron chi connectivity index (χ3n) is 3.78. The molecule has 2 aromatic carbocycles. The van der Waals surface area contributed by atoms with Crippen molar-refractivity contribution in [3.63, 3.8) is 0 Å². The lowest BCUT2D eigenvalue weighted by atomic mass is 10.2. The number of amides is 1. The number of alkyl halides is 3. The summed E-state index contributed by atoms with van der Waals surface area (Å²) in [5.74, 6) is -0.117. The molecule has 0 radical (unpaired) electrons. The van der Waals surface area contributed by atoms with Crippen LogP contribution in [0.1, 0.15) is 26.3 Å². The van der Waals surface area contributed by atoms with Crippen LogP contribution in [0.25, 0.3) is 0 Å². The molecule has 0 aliphatic heterocycles. The maximum atomic E-state index is 13.2. The van der Waals surface area contributed by atoms with Crippen molar-refractivity contribution in [2.24, 2.45) is 0 Å². The summed E-state index contributed by atoms with van der Waals surface area (Å²) < 4.78 is 71.9. The van der Waals surface area contributed by atoms with Crippen LogP contribution in [0.2, 0.25) is 5.02 Å². The van der Waals surface area contributed by atoms with Crippen molar-refractivity contribution in [1.29, 1.82) is 0 Å². The van der Waals surface area contributed by atoms with Crippen LogP contribution in [0.15, 0.2) is 47.4 Å². The van der Waals surface area contributed by atoms with E-state index < -0.39 is 33.6 Å². The molecule has 1 amide bonds. The predicted molar refractivity (Wildman–Crippen MR) is 107 cm³/mol. The molecule has 2 N–H and O–H groups in total. The molecule has 0 aromatic heterocycles. The Morgan fingerprint density at radius 1 is 1.07 bits per heavy atom. The van der Waals surface area contributed by atoms with Crippen LogP contribution in [-0.2, 0) is 21.0 Å². The van der Waals surface area contributed by atoms with Crippen LogP contribution in [-0.4, -0.2) is 26.5 Å². The Kier molecular flexibility index (Phi) is 7.25. The Labute approximate surface area is 177 Å². The highest BCUT2D eigenvalue weighted by Gasteiger charge is 2.35. The van der Waals surface area contributed by atoms with Crippen LogP contribution >= 0.6 is 11.6 Å². The van der Waals surface area contributed by atoms with Gasteiger partial charge in [0.1, 0.15) is 5.75 Å². The van der Waals surface area contributed by atoms with Gasteiger partial charge in [0.25, 0.3) is 15.9 Å². The van der Waals surface area contributed by atoms with Gasteiger partial charge in [-0.3, -0.25) is 9.52 Å². The van der Waals surface area contributed by atoms with E-state index in [9.17, 15) is 26.4 Å². The molecule has 0 aliphatic rings. The van der Waals surface area contributed by atoms with Gasteiger partial charge in [-0.05, 0) is 63.2 Å². The topological polar surface area (TPSA) is 84.5 Å². The van der Waals surface area contributed by atoms with Gasteiger partial charge in [0.05, 0.1) is 16.1 Å². The molecule has 0 saturated heterocycles. The maximum Gasteiger partial charge on any atom is 0.418 e. The second kappa shape index (κ2) is 9.13. The summed E-state index contributed by atoms with van der Waals surface area (Å²) in [7, 11) is -4.31. The molecule has 0 heterocycles. The van der Waals surface area contributed by atoms with E-state index in [4.69, 9.17) is 16.3 Å². The summed E-state index contributed by atoms with van der Waals surface area (Å²) in [6, 6.07) is 7.59. The summed E-state index contributed by atoms with van der Waals surface area (Å²) in [5.41, 5.74) is -1.85. The Hall–Kier alpha value is -2.46. The summed E-state index contributed by atoms with van der Waals surface area (Å²) >= 11 is 5.60. The molecular weight excluding hydrogens is 445 g/mol. The molecular formula is C19H20ClF3N2O4S. The second-order valence-corrected chi connectivity index (χ2v) is 8.81. The van der Waals surface area contributed by atoms with E-state index in [2.05, 4.69) is 5.32 Å². The number of carbonyl (C=O) groups excluding carboxylic acids is 1. The number of halogens is 4. The van der Waals surface area contributed by atoms with E-state index in [-0.39, 0.29) is 27.6 Å². The van der Waals surface area contributed by atoms with Crippen LogP contribution in [0.4, 0.5) is 18.9 Å². The van der Waals surface area contributed by atoms with E-state index in [0.29, 0.717) is 6.07 Å². The van der Waals surface area contributed by atoms with Gasteiger partial charge >= 0.3 is 6.18 Å². The number of nitrogens with one attached hydrogen (secondary N) is 2. The quantitative estimate of drug-likeness (QED) is 0.634. The van der Waals surface area contributed by atoms with Crippen LogP contribution in [0, 0.1) is 0 Å². The number of hydrogen-bond acceptors (Lipinski definition) is 4. The molecule has 0 saturated carbocycles. The number of hydrogen-bond donors (Lipinski definition) is 2. The zero-order valence-electron chi connectivity index (χ0n) is 16.2. The molecule has 0 spiro atoms. The van der Waals surface area contributed by atoms with Crippen LogP contribution in [0.3, 0.4) is 0 Å². The summed E-state index contributed by atoms with van der Waals surface area (Å²) in [6.45, 7) is 5.12. The van der Waals surface area contributed by atoms with Crippen LogP contribution in [0.5, 0.6) is 5.75 Å². The first-order chi connectivity index (χ1) is 13.8. The van der Waals surface area contributed by atoms with Gasteiger partial charge in [0.15, 0.2) is 6.10 Å². The van der Waals surface area contributed by atoms with Crippen molar-refractivity contribution in [3.05, 3.63) is 53.1 Å². The van der Waals surface area contributed by atoms with Gasteiger partial charge in [0, 0.05) is 11.1 Å². The molecule has 164 valence electrons. The van der Waals surface area contributed by atoms with Crippen molar-refractivity contribution in [2.45, 2.75) is 44.0 Å². The molecule has 0 aliphatic carbocycles. The molecule has 11 heteroatoms. The summed E-state index contributed by atoms with van der Waals surface area (Å²) in [4.78, 5) is 11.6. The lowest BCUT2D eigenvalue weighted by Crippen LogP contribution is -2.40. The second-order valence-electron chi connectivity index (χ2n) is 6.69. The van der Waals surface area contributed by atoms with E-state index in [0.717, 1.165) is 24.3 Å². The lowest BCUT2D eigenvalue weighted by Gasteiger charge is -2.17. The normalized spacial score (nSPS) is 13.1. The Bertz CT molecular complexity index is 1010. The molecule has 0 bridgehead atoms. The smallest absolute Gasteiger partial charge is 0.418 e. The van der Waals surface area contributed by atoms with E-state index in [1.807, 2.05) is 4.72 Å². The molecule has 2 aromatic rings. The SMILES string of the molecule is CC(C)NC(=O)[C@@H](C)Oc1ccc(S(=O)(=O)Nc2ccc(Cl)cc2C(F)(F)F)cc1. The Balaban J connectivity index is 2.20. The largest absolute Gasteiger partial charge is 0.481 e. The minimum absolute atomic E-state index is 0.0726. The predicted octanol–water partition coefficient (Wildman–Crippen LogP) is 4.45. The number of benzene rings is 2. The van der Waals surface area contributed by atoms with E-state index in [1.54, 1.807) is 13.8 Å². The highest BCUT2D eigenvalue weighted by Crippen LogP contribution is 2.37. The summed E-state index contributed by atoms with van der Waals surface area (Å²) in [6.07, 6.45) is -5.62. The number of sulfonamides is 1.